The molecule has 0 saturated carbocycles. The van der Waals surface area contributed by atoms with Crippen molar-refractivity contribution in [1.29, 1.82) is 0 Å². The maximum Gasteiger partial charge on any atom is 0.392 e. The van der Waals surface area contributed by atoms with Crippen molar-refractivity contribution in [3.8, 4) is 22.3 Å². The fourth-order valence-corrected chi connectivity index (χ4v) is 2.56. The van der Waals surface area contributed by atoms with E-state index in [1.807, 2.05) is 42.5 Å². The Labute approximate surface area is 137 Å². The molecule has 5 heteroatoms. The molecule has 116 valence electrons. The second-order valence-corrected chi connectivity index (χ2v) is 5.32. The van der Waals surface area contributed by atoms with Crippen LogP contribution in [0.1, 0.15) is 10.7 Å². The van der Waals surface area contributed by atoms with Crippen LogP contribution in [0.2, 0.25) is 0 Å². The molecule has 0 fully saturated rings. The number of pyridine rings is 1. The lowest BCUT2D eigenvalue weighted by Crippen LogP contribution is -1.94. The number of carbonyl (C=O) groups is 1. The highest BCUT2D eigenvalue weighted by molar-refractivity contribution is 5.86. The number of rotatable bonds is 3. The number of carboxylic acids is 1. The number of aromatic carboxylic acids is 1. The van der Waals surface area contributed by atoms with Gasteiger partial charge in [-0.05, 0) is 22.8 Å². The minimum atomic E-state index is -1.21. The number of hydrogen-bond donors (Lipinski definition) is 1. The zero-order chi connectivity index (χ0) is 16.5. The molecule has 0 aliphatic heterocycles. The smallest absolute Gasteiger partial charge is 0.392 e. The van der Waals surface area contributed by atoms with Gasteiger partial charge in [0.15, 0.2) is 0 Å². The predicted octanol–water partition coefficient (Wildman–Crippen LogP) is 4.26. The molecule has 2 aromatic heterocycles. The molecule has 0 atom stereocenters. The summed E-state index contributed by atoms with van der Waals surface area (Å²) in [5, 5.41) is 8.93. The van der Waals surface area contributed by atoms with Crippen LogP contribution < -0.4 is 0 Å². The minimum Gasteiger partial charge on any atom is -0.474 e. The van der Waals surface area contributed by atoms with E-state index in [1.165, 1.54) is 0 Å². The van der Waals surface area contributed by atoms with Gasteiger partial charge in [0.05, 0.1) is 0 Å². The summed E-state index contributed by atoms with van der Waals surface area (Å²) in [4.78, 5) is 19.0. The highest BCUT2D eigenvalue weighted by Gasteiger charge is 2.14. The third-order valence-electron chi connectivity index (χ3n) is 3.76. The zero-order valence-corrected chi connectivity index (χ0v) is 12.5. The third-order valence-corrected chi connectivity index (χ3v) is 3.76. The standard InChI is InChI=1S/C19H12N2O3/c22-19(23)18-21-16-10-15(11-20-17(16)24-18)14-8-6-13(7-9-14)12-4-2-1-3-5-12/h1-11H,(H,22,23). The highest BCUT2D eigenvalue weighted by atomic mass is 16.4. The molecule has 2 aromatic carbocycles. The van der Waals surface area contributed by atoms with Crippen molar-refractivity contribution >= 4 is 17.2 Å². The summed E-state index contributed by atoms with van der Waals surface area (Å²) in [6, 6.07) is 20.0. The Morgan fingerprint density at radius 3 is 2.17 bits per heavy atom. The first-order chi connectivity index (χ1) is 11.7. The first kappa shape index (κ1) is 14.1. The second kappa shape index (κ2) is 5.62. The van der Waals surface area contributed by atoms with Crippen LogP contribution in [0.25, 0.3) is 33.5 Å². The van der Waals surface area contributed by atoms with Gasteiger partial charge >= 0.3 is 11.9 Å². The fraction of sp³-hybridized carbons (Fsp3) is 0. The number of oxazole rings is 1. The molecule has 0 radical (unpaired) electrons. The van der Waals surface area contributed by atoms with Gasteiger partial charge in [0.25, 0.3) is 0 Å². The van der Waals surface area contributed by atoms with Gasteiger partial charge in [0, 0.05) is 11.8 Å². The molecule has 0 bridgehead atoms. The summed E-state index contributed by atoms with van der Waals surface area (Å²) in [5.74, 6) is -1.56. The summed E-state index contributed by atoms with van der Waals surface area (Å²) in [7, 11) is 0. The number of hydrogen-bond acceptors (Lipinski definition) is 4. The van der Waals surface area contributed by atoms with Crippen LogP contribution in [0.5, 0.6) is 0 Å². The average Bonchev–Trinajstić information content (AvgIpc) is 3.06. The van der Waals surface area contributed by atoms with E-state index in [1.54, 1.807) is 12.3 Å². The topological polar surface area (TPSA) is 76.2 Å². The molecule has 0 aliphatic carbocycles. The molecule has 1 N–H and O–H groups in total. The molecule has 0 aliphatic rings. The van der Waals surface area contributed by atoms with Crippen LogP contribution in [-0.2, 0) is 0 Å². The van der Waals surface area contributed by atoms with Crippen LogP contribution in [0.4, 0.5) is 0 Å². The van der Waals surface area contributed by atoms with E-state index < -0.39 is 5.97 Å². The third kappa shape index (κ3) is 2.52. The van der Waals surface area contributed by atoms with E-state index in [2.05, 4.69) is 22.1 Å². The van der Waals surface area contributed by atoms with Crippen LogP contribution in [0.15, 0.2) is 71.3 Å². The Hall–Kier alpha value is -3.47. The SMILES string of the molecule is O=C(O)c1nc2cc(-c3ccc(-c4ccccc4)cc3)cnc2o1. The fourth-order valence-electron chi connectivity index (χ4n) is 2.56. The van der Waals surface area contributed by atoms with Crippen molar-refractivity contribution in [1.82, 2.24) is 9.97 Å². The summed E-state index contributed by atoms with van der Waals surface area (Å²) < 4.78 is 5.08. The molecule has 4 rings (SSSR count). The number of nitrogens with zero attached hydrogens (tertiary/aromatic N) is 2. The van der Waals surface area contributed by atoms with Gasteiger partial charge in [0.1, 0.15) is 5.52 Å². The van der Waals surface area contributed by atoms with E-state index >= 15 is 0 Å². The lowest BCUT2D eigenvalue weighted by atomic mass is 10.0. The molecule has 5 nitrogen and oxygen atoms in total. The van der Waals surface area contributed by atoms with Gasteiger partial charge in [0.2, 0.25) is 5.71 Å². The summed E-state index contributed by atoms with van der Waals surface area (Å²) in [5.41, 5.74) is 4.76. The molecule has 0 amide bonds. The largest absolute Gasteiger partial charge is 0.474 e. The van der Waals surface area contributed by atoms with Crippen molar-refractivity contribution in [3.63, 3.8) is 0 Å². The molecular weight excluding hydrogens is 304 g/mol. The van der Waals surface area contributed by atoms with Crippen LogP contribution in [0, 0.1) is 0 Å². The summed E-state index contributed by atoms with van der Waals surface area (Å²) in [6.45, 7) is 0. The van der Waals surface area contributed by atoms with Gasteiger partial charge in [-0.25, -0.2) is 14.8 Å². The summed E-state index contributed by atoms with van der Waals surface area (Å²) >= 11 is 0. The van der Waals surface area contributed by atoms with Crippen LogP contribution in [0.3, 0.4) is 0 Å². The Bertz CT molecular complexity index is 1020. The second-order valence-electron chi connectivity index (χ2n) is 5.32. The number of fused-ring (bicyclic) bond motifs is 1. The van der Waals surface area contributed by atoms with Crippen molar-refractivity contribution < 1.29 is 14.3 Å². The lowest BCUT2D eigenvalue weighted by Gasteiger charge is -2.04. The van der Waals surface area contributed by atoms with Crippen molar-refractivity contribution in [2.24, 2.45) is 0 Å². The molecule has 4 aromatic rings. The Kier molecular flexibility index (Phi) is 3.31. The van der Waals surface area contributed by atoms with E-state index in [-0.39, 0.29) is 11.6 Å². The maximum absolute atomic E-state index is 10.9. The van der Waals surface area contributed by atoms with Gasteiger partial charge in [-0.15, -0.1) is 0 Å². The molecule has 0 spiro atoms. The van der Waals surface area contributed by atoms with Gasteiger partial charge in [-0.1, -0.05) is 54.6 Å². The van der Waals surface area contributed by atoms with Crippen molar-refractivity contribution in [2.45, 2.75) is 0 Å². The summed E-state index contributed by atoms with van der Waals surface area (Å²) in [6.07, 6.45) is 1.65. The molecular formula is C19H12N2O3. The Balaban J connectivity index is 1.70. The first-order valence-corrected chi connectivity index (χ1v) is 7.36. The van der Waals surface area contributed by atoms with E-state index in [0.29, 0.717) is 5.52 Å². The zero-order valence-electron chi connectivity index (χ0n) is 12.5. The van der Waals surface area contributed by atoms with E-state index in [4.69, 9.17) is 9.52 Å². The highest BCUT2D eigenvalue weighted by Crippen LogP contribution is 2.26. The number of carboxylic acid groups (broad SMARTS) is 1. The van der Waals surface area contributed by atoms with E-state index in [0.717, 1.165) is 22.3 Å². The average molecular weight is 316 g/mol. The Morgan fingerprint density at radius 1 is 0.875 bits per heavy atom. The van der Waals surface area contributed by atoms with Gasteiger partial charge < -0.3 is 9.52 Å². The molecule has 24 heavy (non-hydrogen) atoms. The van der Waals surface area contributed by atoms with Crippen molar-refractivity contribution in [2.75, 3.05) is 0 Å². The molecule has 0 unspecified atom stereocenters. The Morgan fingerprint density at radius 2 is 1.50 bits per heavy atom. The number of benzene rings is 2. The van der Waals surface area contributed by atoms with Gasteiger partial charge in [-0.2, -0.15) is 0 Å². The van der Waals surface area contributed by atoms with Crippen molar-refractivity contribution in [3.05, 3.63) is 72.8 Å². The van der Waals surface area contributed by atoms with Crippen LogP contribution >= 0.6 is 0 Å². The monoisotopic (exact) mass is 316 g/mol. The van der Waals surface area contributed by atoms with Crippen LogP contribution in [-0.4, -0.2) is 21.0 Å². The molecule has 0 saturated heterocycles. The molecule has 2 heterocycles. The minimum absolute atomic E-state index is 0.219. The maximum atomic E-state index is 10.9. The first-order valence-electron chi connectivity index (χ1n) is 7.36. The predicted molar refractivity (Wildman–Crippen MR) is 89.6 cm³/mol. The number of aromatic nitrogens is 2. The quantitative estimate of drug-likeness (QED) is 0.611. The lowest BCUT2D eigenvalue weighted by molar-refractivity contribution is 0.0656. The normalized spacial score (nSPS) is 10.8. The van der Waals surface area contributed by atoms with E-state index in [9.17, 15) is 4.79 Å². The van der Waals surface area contributed by atoms with Gasteiger partial charge in [-0.3, -0.25) is 0 Å².